The van der Waals surface area contributed by atoms with E-state index in [0.717, 1.165) is 11.5 Å². The molecule has 0 aliphatic rings. The van der Waals surface area contributed by atoms with Crippen molar-refractivity contribution >= 4 is 11.7 Å². The second-order valence-corrected chi connectivity index (χ2v) is 3.76. The molecular formula is C11H13N5O2. The molecular weight excluding hydrogens is 234 g/mol. The zero-order valence-corrected chi connectivity index (χ0v) is 10.1. The molecule has 2 heterocycles. The van der Waals surface area contributed by atoms with Crippen LogP contribution in [0.3, 0.4) is 0 Å². The Kier molecular flexibility index (Phi) is 3.22. The van der Waals surface area contributed by atoms with E-state index in [2.05, 4.69) is 20.3 Å². The topological polar surface area (TPSA) is 107 Å². The number of nitrogens with zero attached hydrogens (tertiary/aromatic N) is 3. The molecule has 3 N–H and O–H groups in total. The number of amides is 1. The Morgan fingerprint density at radius 2 is 2.17 bits per heavy atom. The third kappa shape index (κ3) is 2.62. The first kappa shape index (κ1) is 12.0. The molecule has 7 heteroatoms. The first-order valence-electron chi connectivity index (χ1n) is 5.35. The number of nitrogens with two attached hydrogens (primary N) is 1. The highest BCUT2D eigenvalue weighted by molar-refractivity contribution is 5.92. The highest BCUT2D eigenvalue weighted by Gasteiger charge is 2.10. The second kappa shape index (κ2) is 4.82. The molecule has 0 aliphatic heterocycles. The lowest BCUT2D eigenvalue weighted by molar-refractivity contribution is 0.0942. The van der Waals surface area contributed by atoms with Crippen LogP contribution in [0.5, 0.6) is 0 Å². The summed E-state index contributed by atoms with van der Waals surface area (Å²) in [5.74, 6) is 1.02. The minimum Gasteiger partial charge on any atom is -0.444 e. The lowest BCUT2D eigenvalue weighted by atomic mass is 10.4. The molecule has 7 nitrogen and oxygen atoms in total. The fourth-order valence-electron chi connectivity index (χ4n) is 1.35. The van der Waals surface area contributed by atoms with Gasteiger partial charge in [-0.05, 0) is 13.8 Å². The minimum absolute atomic E-state index is 0.162. The van der Waals surface area contributed by atoms with Crippen LogP contribution < -0.4 is 11.1 Å². The van der Waals surface area contributed by atoms with E-state index < -0.39 is 0 Å². The molecule has 94 valence electrons. The number of anilines is 1. The van der Waals surface area contributed by atoms with Crippen LogP contribution in [0.1, 0.15) is 27.8 Å². The predicted octanol–water partition coefficient (Wildman–Crippen LogP) is 0.594. The Hall–Kier alpha value is -2.44. The normalized spacial score (nSPS) is 10.3. The van der Waals surface area contributed by atoms with Crippen molar-refractivity contribution < 1.29 is 9.21 Å². The van der Waals surface area contributed by atoms with Crippen molar-refractivity contribution in [1.82, 2.24) is 20.3 Å². The summed E-state index contributed by atoms with van der Waals surface area (Å²) in [7, 11) is 0. The van der Waals surface area contributed by atoms with Crippen LogP contribution in [0.25, 0.3) is 0 Å². The predicted molar refractivity (Wildman–Crippen MR) is 63.6 cm³/mol. The molecule has 2 aromatic rings. The van der Waals surface area contributed by atoms with E-state index in [4.69, 9.17) is 10.2 Å². The van der Waals surface area contributed by atoms with E-state index in [9.17, 15) is 4.79 Å². The summed E-state index contributed by atoms with van der Waals surface area (Å²) in [4.78, 5) is 23.5. The molecule has 0 fully saturated rings. The number of oxazole rings is 1. The Balaban J connectivity index is 2.00. The summed E-state index contributed by atoms with van der Waals surface area (Å²) >= 11 is 0. The smallest absolute Gasteiger partial charge is 0.272 e. The van der Waals surface area contributed by atoms with Crippen molar-refractivity contribution in [3.05, 3.63) is 35.4 Å². The Morgan fingerprint density at radius 1 is 1.39 bits per heavy atom. The van der Waals surface area contributed by atoms with Gasteiger partial charge in [-0.25, -0.2) is 9.97 Å². The Labute approximate surface area is 103 Å². The van der Waals surface area contributed by atoms with Gasteiger partial charge in [0.15, 0.2) is 0 Å². The number of carbonyl (C=O) groups excluding carboxylic acids is 1. The molecule has 0 aliphatic carbocycles. The molecule has 0 saturated carbocycles. The summed E-state index contributed by atoms with van der Waals surface area (Å²) in [6.45, 7) is 3.86. The summed E-state index contributed by atoms with van der Waals surface area (Å²) in [5, 5.41) is 2.63. The highest BCUT2D eigenvalue weighted by atomic mass is 16.4. The average molecular weight is 247 g/mol. The molecule has 0 saturated heterocycles. The summed E-state index contributed by atoms with van der Waals surface area (Å²) in [5.41, 5.74) is 6.41. The summed E-state index contributed by atoms with van der Waals surface area (Å²) in [6, 6.07) is 0. The third-order valence-electron chi connectivity index (χ3n) is 2.36. The van der Waals surface area contributed by atoms with E-state index >= 15 is 0 Å². The van der Waals surface area contributed by atoms with Crippen LogP contribution in [0.15, 0.2) is 16.8 Å². The van der Waals surface area contributed by atoms with E-state index in [1.54, 1.807) is 0 Å². The molecule has 2 aromatic heterocycles. The molecule has 0 atom stereocenters. The van der Waals surface area contributed by atoms with Gasteiger partial charge in [-0.3, -0.25) is 9.78 Å². The maximum atomic E-state index is 11.7. The third-order valence-corrected chi connectivity index (χ3v) is 2.36. The molecule has 18 heavy (non-hydrogen) atoms. The lowest BCUT2D eigenvalue weighted by Gasteiger charge is -2.01. The minimum atomic E-state index is -0.372. The van der Waals surface area contributed by atoms with Crippen molar-refractivity contribution in [3.63, 3.8) is 0 Å². The van der Waals surface area contributed by atoms with Gasteiger partial charge in [0.1, 0.15) is 17.3 Å². The molecule has 1 amide bonds. The van der Waals surface area contributed by atoms with Crippen molar-refractivity contribution in [1.29, 1.82) is 0 Å². The van der Waals surface area contributed by atoms with E-state index in [0.29, 0.717) is 5.89 Å². The van der Waals surface area contributed by atoms with Crippen LogP contribution >= 0.6 is 0 Å². The van der Waals surface area contributed by atoms with Crippen LogP contribution in [-0.2, 0) is 6.54 Å². The number of carbonyl (C=O) groups is 1. The molecule has 0 unspecified atom stereocenters. The molecule has 0 bridgehead atoms. The summed E-state index contributed by atoms with van der Waals surface area (Å²) in [6.07, 6.45) is 2.72. The highest BCUT2D eigenvalue weighted by Crippen LogP contribution is 2.08. The second-order valence-electron chi connectivity index (χ2n) is 3.76. The maximum absolute atomic E-state index is 11.7. The number of aryl methyl sites for hydroxylation is 2. The van der Waals surface area contributed by atoms with Gasteiger partial charge in [0.05, 0.1) is 24.6 Å². The fraction of sp³-hybridized carbons (Fsp3) is 0.273. The number of nitrogens with one attached hydrogen (secondary N) is 1. The average Bonchev–Trinajstić information content (AvgIpc) is 2.66. The maximum Gasteiger partial charge on any atom is 0.272 e. The van der Waals surface area contributed by atoms with Gasteiger partial charge in [-0.1, -0.05) is 0 Å². The number of hydrogen-bond donors (Lipinski definition) is 2. The monoisotopic (exact) mass is 247 g/mol. The van der Waals surface area contributed by atoms with E-state index in [1.165, 1.54) is 12.4 Å². The zero-order valence-electron chi connectivity index (χ0n) is 10.1. The van der Waals surface area contributed by atoms with Gasteiger partial charge in [-0.2, -0.15) is 0 Å². The van der Waals surface area contributed by atoms with Crippen molar-refractivity contribution in [3.8, 4) is 0 Å². The lowest BCUT2D eigenvalue weighted by Crippen LogP contribution is -2.24. The van der Waals surface area contributed by atoms with Crippen molar-refractivity contribution in [2.45, 2.75) is 20.4 Å². The van der Waals surface area contributed by atoms with Crippen LogP contribution in [0.4, 0.5) is 5.82 Å². The molecule has 2 rings (SSSR count). The molecule has 0 radical (unpaired) electrons. The number of nitrogen functional groups attached to an aromatic ring is 1. The van der Waals surface area contributed by atoms with Crippen LogP contribution in [0.2, 0.25) is 0 Å². The van der Waals surface area contributed by atoms with Gasteiger partial charge >= 0.3 is 0 Å². The van der Waals surface area contributed by atoms with Gasteiger partial charge in [0.25, 0.3) is 5.91 Å². The zero-order chi connectivity index (χ0) is 13.1. The van der Waals surface area contributed by atoms with Gasteiger partial charge in [0, 0.05) is 0 Å². The molecule has 0 spiro atoms. The van der Waals surface area contributed by atoms with Gasteiger partial charge in [-0.15, -0.1) is 0 Å². The Morgan fingerprint density at radius 3 is 2.78 bits per heavy atom. The van der Waals surface area contributed by atoms with Crippen LogP contribution in [-0.4, -0.2) is 20.9 Å². The number of hydrogen-bond acceptors (Lipinski definition) is 6. The largest absolute Gasteiger partial charge is 0.444 e. The molecule has 0 aromatic carbocycles. The van der Waals surface area contributed by atoms with Crippen molar-refractivity contribution in [2.24, 2.45) is 0 Å². The first-order valence-corrected chi connectivity index (χ1v) is 5.35. The quantitative estimate of drug-likeness (QED) is 0.822. The number of rotatable bonds is 3. The van der Waals surface area contributed by atoms with Gasteiger partial charge < -0.3 is 15.5 Å². The number of aromatic nitrogens is 3. The SMILES string of the molecule is Cc1nc(CNC(=O)c2cncc(N)n2)oc1C. The van der Waals surface area contributed by atoms with E-state index in [-0.39, 0.29) is 24.0 Å². The Bertz CT molecular complexity index is 559. The van der Waals surface area contributed by atoms with E-state index in [1.807, 2.05) is 13.8 Å². The standard InChI is InChI=1S/C11H13N5O2/c1-6-7(2)18-10(15-6)5-14-11(17)8-3-13-4-9(12)16-8/h3-4H,5H2,1-2H3,(H2,12,16)(H,14,17). The van der Waals surface area contributed by atoms with Crippen LogP contribution in [0, 0.1) is 13.8 Å². The first-order chi connectivity index (χ1) is 8.56. The van der Waals surface area contributed by atoms with Gasteiger partial charge in [0.2, 0.25) is 5.89 Å². The fourth-order valence-corrected chi connectivity index (χ4v) is 1.35. The van der Waals surface area contributed by atoms with Crippen molar-refractivity contribution in [2.75, 3.05) is 5.73 Å². The summed E-state index contributed by atoms with van der Waals surface area (Å²) < 4.78 is 5.34.